The van der Waals surface area contributed by atoms with Gasteiger partial charge in [-0.1, -0.05) is 6.58 Å². The van der Waals surface area contributed by atoms with E-state index in [1.54, 1.807) is 13.8 Å². The summed E-state index contributed by atoms with van der Waals surface area (Å²) in [6, 6.07) is 0. The molecule has 0 saturated carbocycles. The van der Waals surface area contributed by atoms with Gasteiger partial charge >= 0.3 is 7.12 Å². The molecule has 0 aliphatic heterocycles. The van der Waals surface area contributed by atoms with Crippen molar-refractivity contribution in [3.63, 3.8) is 0 Å². The standard InChI is InChI=1S/C5H12BNO2/c1-4(2)7-5(3)6(8)9/h5,7-9H,1H2,2-3H3. The molecule has 3 N–H and O–H groups in total. The first kappa shape index (κ1) is 8.52. The van der Waals surface area contributed by atoms with Crippen molar-refractivity contribution < 1.29 is 10.0 Å². The molecule has 0 aliphatic rings. The van der Waals surface area contributed by atoms with Crippen LogP contribution in [0.4, 0.5) is 0 Å². The van der Waals surface area contributed by atoms with Crippen LogP contribution in [0.2, 0.25) is 0 Å². The van der Waals surface area contributed by atoms with E-state index in [-0.39, 0.29) is 5.94 Å². The van der Waals surface area contributed by atoms with Crippen LogP contribution in [0.5, 0.6) is 0 Å². The molecule has 0 aromatic heterocycles. The molecule has 0 spiro atoms. The van der Waals surface area contributed by atoms with Crippen LogP contribution >= 0.6 is 0 Å². The van der Waals surface area contributed by atoms with Crippen LogP contribution in [0.3, 0.4) is 0 Å². The zero-order chi connectivity index (χ0) is 7.44. The minimum Gasteiger partial charge on any atom is -0.426 e. The first-order chi connectivity index (χ1) is 4.04. The van der Waals surface area contributed by atoms with Crippen LogP contribution < -0.4 is 5.32 Å². The molecule has 0 aromatic carbocycles. The second-order valence-electron chi connectivity index (χ2n) is 2.13. The zero-order valence-electron chi connectivity index (χ0n) is 5.76. The second kappa shape index (κ2) is 3.53. The van der Waals surface area contributed by atoms with Gasteiger partial charge in [0.1, 0.15) is 0 Å². The Kier molecular flexibility index (Phi) is 3.34. The van der Waals surface area contributed by atoms with E-state index in [2.05, 4.69) is 11.9 Å². The minimum absolute atomic E-state index is 0.345. The van der Waals surface area contributed by atoms with E-state index in [0.717, 1.165) is 5.70 Å². The quantitative estimate of drug-likeness (QED) is 0.450. The van der Waals surface area contributed by atoms with Crippen LogP contribution in [0, 0.1) is 0 Å². The smallest absolute Gasteiger partial charge is 0.426 e. The normalized spacial score (nSPS) is 12.4. The van der Waals surface area contributed by atoms with Gasteiger partial charge in [-0.2, -0.15) is 0 Å². The highest BCUT2D eigenvalue weighted by atomic mass is 16.4. The largest absolute Gasteiger partial charge is 0.475 e. The van der Waals surface area contributed by atoms with Gasteiger partial charge in [0.05, 0.1) is 5.94 Å². The maximum absolute atomic E-state index is 8.52. The van der Waals surface area contributed by atoms with E-state index < -0.39 is 7.12 Å². The molecule has 0 aliphatic carbocycles. The summed E-state index contributed by atoms with van der Waals surface area (Å²) < 4.78 is 0. The summed E-state index contributed by atoms with van der Waals surface area (Å²) in [6.45, 7) is 6.97. The van der Waals surface area contributed by atoms with Crippen LogP contribution in [-0.2, 0) is 0 Å². The fraction of sp³-hybridized carbons (Fsp3) is 0.600. The molecular weight excluding hydrogens is 117 g/mol. The molecule has 0 fully saturated rings. The van der Waals surface area contributed by atoms with Crippen LogP contribution in [0.1, 0.15) is 13.8 Å². The van der Waals surface area contributed by atoms with E-state index in [1.165, 1.54) is 0 Å². The molecule has 0 amide bonds. The predicted molar refractivity (Wildman–Crippen MR) is 37.6 cm³/mol. The van der Waals surface area contributed by atoms with Gasteiger partial charge in [-0.05, 0) is 19.5 Å². The molecule has 1 unspecified atom stereocenters. The lowest BCUT2D eigenvalue weighted by molar-refractivity contribution is 0.382. The Bertz CT molecular complexity index is 105. The third-order valence-corrected chi connectivity index (χ3v) is 0.921. The van der Waals surface area contributed by atoms with Gasteiger partial charge in [-0.3, -0.25) is 0 Å². The fourth-order valence-corrected chi connectivity index (χ4v) is 0.463. The summed E-state index contributed by atoms with van der Waals surface area (Å²) in [5.41, 5.74) is 0.732. The summed E-state index contributed by atoms with van der Waals surface area (Å²) >= 11 is 0. The van der Waals surface area contributed by atoms with Crippen molar-refractivity contribution >= 4 is 7.12 Å². The molecule has 4 heteroatoms. The highest BCUT2D eigenvalue weighted by Gasteiger charge is 2.16. The minimum atomic E-state index is -1.32. The van der Waals surface area contributed by atoms with Crippen molar-refractivity contribution in [3.8, 4) is 0 Å². The maximum Gasteiger partial charge on any atom is 0.475 e. The van der Waals surface area contributed by atoms with E-state index in [1.807, 2.05) is 0 Å². The Morgan fingerprint density at radius 2 is 2.11 bits per heavy atom. The van der Waals surface area contributed by atoms with Gasteiger partial charge in [0.25, 0.3) is 0 Å². The molecule has 0 radical (unpaired) electrons. The number of allylic oxidation sites excluding steroid dienone is 1. The van der Waals surface area contributed by atoms with Gasteiger partial charge in [-0.25, -0.2) is 0 Å². The Morgan fingerprint density at radius 1 is 1.67 bits per heavy atom. The van der Waals surface area contributed by atoms with Gasteiger partial charge < -0.3 is 15.4 Å². The van der Waals surface area contributed by atoms with Crippen LogP contribution in [0.25, 0.3) is 0 Å². The molecule has 1 atom stereocenters. The SMILES string of the molecule is C=C(C)NC(C)B(O)O. The Morgan fingerprint density at radius 3 is 2.22 bits per heavy atom. The average Bonchev–Trinajstić information content (AvgIpc) is 1.63. The summed E-state index contributed by atoms with van der Waals surface area (Å²) in [6.07, 6.45) is 0. The van der Waals surface area contributed by atoms with Gasteiger partial charge in [0.2, 0.25) is 0 Å². The lowest BCUT2D eigenvalue weighted by atomic mass is 9.81. The van der Waals surface area contributed by atoms with E-state index in [0.29, 0.717) is 0 Å². The summed E-state index contributed by atoms with van der Waals surface area (Å²) in [4.78, 5) is 0. The zero-order valence-corrected chi connectivity index (χ0v) is 5.76. The molecular formula is C5H12BNO2. The van der Waals surface area contributed by atoms with Gasteiger partial charge in [0, 0.05) is 0 Å². The number of hydrogen-bond donors (Lipinski definition) is 3. The lowest BCUT2D eigenvalue weighted by Crippen LogP contribution is -2.39. The second-order valence-corrected chi connectivity index (χ2v) is 2.13. The summed E-state index contributed by atoms with van der Waals surface area (Å²) in [7, 11) is -1.32. The van der Waals surface area contributed by atoms with Crippen molar-refractivity contribution in [1.29, 1.82) is 0 Å². The fourth-order valence-electron chi connectivity index (χ4n) is 0.463. The number of nitrogens with one attached hydrogen (secondary N) is 1. The summed E-state index contributed by atoms with van der Waals surface area (Å²) in [5, 5.41) is 19.8. The van der Waals surface area contributed by atoms with E-state index in [9.17, 15) is 0 Å². The molecule has 0 heterocycles. The van der Waals surface area contributed by atoms with Crippen molar-refractivity contribution in [3.05, 3.63) is 12.3 Å². The molecule has 9 heavy (non-hydrogen) atoms. The molecule has 0 saturated heterocycles. The molecule has 0 aromatic rings. The molecule has 0 bridgehead atoms. The van der Waals surface area contributed by atoms with E-state index >= 15 is 0 Å². The average molecular weight is 129 g/mol. The van der Waals surface area contributed by atoms with Crippen LogP contribution in [0.15, 0.2) is 12.3 Å². The molecule has 0 rings (SSSR count). The van der Waals surface area contributed by atoms with Crippen molar-refractivity contribution in [2.75, 3.05) is 0 Å². The van der Waals surface area contributed by atoms with Crippen molar-refractivity contribution in [2.24, 2.45) is 0 Å². The third kappa shape index (κ3) is 4.06. The molecule has 52 valence electrons. The number of hydrogen-bond acceptors (Lipinski definition) is 3. The maximum atomic E-state index is 8.52. The van der Waals surface area contributed by atoms with Crippen molar-refractivity contribution in [2.45, 2.75) is 19.8 Å². The highest BCUT2D eigenvalue weighted by molar-refractivity contribution is 6.43. The lowest BCUT2D eigenvalue weighted by Gasteiger charge is -2.12. The van der Waals surface area contributed by atoms with Crippen molar-refractivity contribution in [1.82, 2.24) is 5.32 Å². The predicted octanol–water partition coefficient (Wildman–Crippen LogP) is -0.490. The molecule has 3 nitrogen and oxygen atoms in total. The first-order valence-corrected chi connectivity index (χ1v) is 2.82. The number of rotatable bonds is 3. The Labute approximate surface area is 55.5 Å². The third-order valence-electron chi connectivity index (χ3n) is 0.921. The van der Waals surface area contributed by atoms with Gasteiger partial charge in [0.15, 0.2) is 0 Å². The van der Waals surface area contributed by atoms with E-state index in [4.69, 9.17) is 10.0 Å². The van der Waals surface area contributed by atoms with Gasteiger partial charge in [-0.15, -0.1) is 0 Å². The monoisotopic (exact) mass is 129 g/mol. The van der Waals surface area contributed by atoms with Crippen LogP contribution in [-0.4, -0.2) is 23.1 Å². The summed E-state index contributed by atoms with van der Waals surface area (Å²) in [5.74, 6) is -0.345. The first-order valence-electron chi connectivity index (χ1n) is 2.82. The highest BCUT2D eigenvalue weighted by Crippen LogP contribution is 1.87. The Balaban J connectivity index is 3.50. The topological polar surface area (TPSA) is 52.5 Å². The Hall–Kier alpha value is -0.475.